The molecule has 0 spiro atoms. The molecular formula is C22H23FN2O4S. The van der Waals surface area contributed by atoms with Gasteiger partial charge in [0.05, 0.1) is 24.7 Å². The maximum absolute atomic E-state index is 14.6. The quantitative estimate of drug-likeness (QED) is 0.549. The largest absolute Gasteiger partial charge is 0.497 e. The molecule has 30 heavy (non-hydrogen) atoms. The standard InChI is InChI=1S/C22H23FN2O4S/c1-13-11-16(29-3)6-8-17(13)22(26)21-10-9-20(24-21)14(2)18-7-5-15(12-19(18)23)25-30(4,27)28/h5-12,14,24-25H,1-4H3. The number of carbonyl (C=O) groups is 1. The van der Waals surface area contributed by atoms with Gasteiger partial charge >= 0.3 is 0 Å². The van der Waals surface area contributed by atoms with Gasteiger partial charge in [0.25, 0.3) is 0 Å². The molecule has 1 aromatic heterocycles. The number of hydrogen-bond acceptors (Lipinski definition) is 4. The van der Waals surface area contributed by atoms with Crippen molar-refractivity contribution in [3.05, 3.63) is 82.4 Å². The van der Waals surface area contributed by atoms with Crippen molar-refractivity contribution < 1.29 is 22.3 Å². The predicted octanol–water partition coefficient (Wildman–Crippen LogP) is 4.23. The summed E-state index contributed by atoms with van der Waals surface area (Å²) < 4.78 is 44.6. The fourth-order valence-corrected chi connectivity index (χ4v) is 3.84. The van der Waals surface area contributed by atoms with E-state index >= 15 is 0 Å². The van der Waals surface area contributed by atoms with Crippen LogP contribution in [0.3, 0.4) is 0 Å². The van der Waals surface area contributed by atoms with Crippen LogP contribution in [0.25, 0.3) is 0 Å². The minimum Gasteiger partial charge on any atom is -0.497 e. The van der Waals surface area contributed by atoms with E-state index in [1.165, 1.54) is 12.1 Å². The van der Waals surface area contributed by atoms with Gasteiger partial charge in [-0.3, -0.25) is 9.52 Å². The Morgan fingerprint density at radius 1 is 1.13 bits per heavy atom. The second-order valence-electron chi connectivity index (χ2n) is 7.17. The third kappa shape index (κ3) is 4.71. The number of methoxy groups -OCH3 is 1. The van der Waals surface area contributed by atoms with Crippen molar-refractivity contribution in [2.75, 3.05) is 18.1 Å². The van der Waals surface area contributed by atoms with Crippen molar-refractivity contribution in [1.29, 1.82) is 0 Å². The van der Waals surface area contributed by atoms with Crippen LogP contribution < -0.4 is 9.46 Å². The molecule has 0 aliphatic heterocycles. The second-order valence-corrected chi connectivity index (χ2v) is 8.92. The fourth-order valence-electron chi connectivity index (χ4n) is 3.28. The zero-order chi connectivity index (χ0) is 22.1. The number of hydrogen-bond donors (Lipinski definition) is 2. The minimum absolute atomic E-state index is 0.156. The summed E-state index contributed by atoms with van der Waals surface area (Å²) in [5.41, 5.74) is 2.97. The van der Waals surface area contributed by atoms with Crippen molar-refractivity contribution in [3.8, 4) is 5.75 Å². The Morgan fingerprint density at radius 2 is 1.87 bits per heavy atom. The third-order valence-corrected chi connectivity index (χ3v) is 5.47. The van der Waals surface area contributed by atoms with E-state index in [2.05, 4.69) is 9.71 Å². The van der Waals surface area contributed by atoms with E-state index in [1.807, 2.05) is 6.92 Å². The van der Waals surface area contributed by atoms with Gasteiger partial charge in [-0.15, -0.1) is 0 Å². The summed E-state index contributed by atoms with van der Waals surface area (Å²) in [6.07, 6.45) is 1.00. The summed E-state index contributed by atoms with van der Waals surface area (Å²) in [7, 11) is -1.92. The Hall–Kier alpha value is -3.13. The number of H-pyrrole nitrogens is 1. The SMILES string of the molecule is COc1ccc(C(=O)c2ccc(C(C)c3ccc(NS(C)(=O)=O)cc3F)[nH]2)c(C)c1. The van der Waals surface area contributed by atoms with Crippen LogP contribution in [0, 0.1) is 12.7 Å². The summed E-state index contributed by atoms with van der Waals surface area (Å²) in [6.45, 7) is 3.64. The average Bonchev–Trinajstić information content (AvgIpc) is 3.16. The molecule has 2 aromatic carbocycles. The molecule has 6 nitrogen and oxygen atoms in total. The van der Waals surface area contributed by atoms with Crippen LogP contribution in [0.4, 0.5) is 10.1 Å². The van der Waals surface area contributed by atoms with Crippen LogP contribution in [-0.4, -0.2) is 32.6 Å². The van der Waals surface area contributed by atoms with Gasteiger partial charge in [-0.2, -0.15) is 0 Å². The molecule has 0 saturated heterocycles. The molecule has 0 bridgehead atoms. The zero-order valence-electron chi connectivity index (χ0n) is 17.1. The molecule has 0 saturated carbocycles. The molecule has 3 aromatic rings. The van der Waals surface area contributed by atoms with Crippen LogP contribution in [0.1, 0.15) is 45.7 Å². The molecule has 158 valence electrons. The van der Waals surface area contributed by atoms with Crippen molar-refractivity contribution in [2.45, 2.75) is 19.8 Å². The van der Waals surface area contributed by atoms with Crippen molar-refractivity contribution >= 4 is 21.5 Å². The lowest BCUT2D eigenvalue weighted by atomic mass is 9.97. The molecule has 3 rings (SSSR count). The maximum atomic E-state index is 14.6. The minimum atomic E-state index is -3.49. The maximum Gasteiger partial charge on any atom is 0.229 e. The second kappa shape index (κ2) is 8.31. The Labute approximate surface area is 175 Å². The molecule has 0 amide bonds. The highest BCUT2D eigenvalue weighted by molar-refractivity contribution is 7.92. The first kappa shape index (κ1) is 21.6. The first-order valence-corrected chi connectivity index (χ1v) is 11.1. The summed E-state index contributed by atoms with van der Waals surface area (Å²) in [5, 5.41) is 0. The van der Waals surface area contributed by atoms with Gasteiger partial charge in [-0.25, -0.2) is 12.8 Å². The number of halogens is 1. The molecule has 2 N–H and O–H groups in total. The van der Waals surface area contributed by atoms with E-state index in [4.69, 9.17) is 4.74 Å². The molecule has 1 atom stereocenters. The van der Waals surface area contributed by atoms with Gasteiger partial charge in [0, 0.05) is 17.2 Å². The Bertz CT molecular complexity index is 1200. The Balaban J connectivity index is 1.84. The highest BCUT2D eigenvalue weighted by Gasteiger charge is 2.19. The fraction of sp³-hybridized carbons (Fsp3) is 0.227. The summed E-state index contributed by atoms with van der Waals surface area (Å²) in [4.78, 5) is 16.0. The molecular weight excluding hydrogens is 407 g/mol. The summed E-state index contributed by atoms with van der Waals surface area (Å²) in [6, 6.07) is 12.8. The van der Waals surface area contributed by atoms with Crippen LogP contribution in [0.15, 0.2) is 48.5 Å². The van der Waals surface area contributed by atoms with Gasteiger partial charge < -0.3 is 9.72 Å². The highest BCUT2D eigenvalue weighted by Crippen LogP contribution is 2.28. The number of ketones is 1. The van der Waals surface area contributed by atoms with Gasteiger partial charge in [0.1, 0.15) is 11.6 Å². The van der Waals surface area contributed by atoms with Crippen LogP contribution in [0.5, 0.6) is 5.75 Å². The third-order valence-electron chi connectivity index (χ3n) is 4.87. The molecule has 0 fully saturated rings. The van der Waals surface area contributed by atoms with E-state index in [0.717, 1.165) is 17.9 Å². The van der Waals surface area contributed by atoms with Gasteiger partial charge in [0.2, 0.25) is 15.8 Å². The van der Waals surface area contributed by atoms with E-state index in [1.54, 1.807) is 44.4 Å². The number of rotatable bonds is 7. The number of benzene rings is 2. The lowest BCUT2D eigenvalue weighted by Gasteiger charge is -2.13. The molecule has 1 unspecified atom stereocenters. The number of aromatic nitrogens is 1. The van der Waals surface area contributed by atoms with Crippen LogP contribution in [-0.2, 0) is 10.0 Å². The van der Waals surface area contributed by atoms with E-state index in [-0.39, 0.29) is 17.4 Å². The van der Waals surface area contributed by atoms with Crippen molar-refractivity contribution in [3.63, 3.8) is 0 Å². The lowest BCUT2D eigenvalue weighted by molar-refractivity contribution is 0.103. The van der Waals surface area contributed by atoms with E-state index in [0.29, 0.717) is 28.3 Å². The molecule has 0 aliphatic carbocycles. The lowest BCUT2D eigenvalue weighted by Crippen LogP contribution is -2.10. The highest BCUT2D eigenvalue weighted by atomic mass is 32.2. The first-order chi connectivity index (χ1) is 14.1. The van der Waals surface area contributed by atoms with Crippen molar-refractivity contribution in [2.24, 2.45) is 0 Å². The van der Waals surface area contributed by atoms with Gasteiger partial charge in [-0.05, 0) is 60.5 Å². The normalized spacial score (nSPS) is 12.4. The smallest absolute Gasteiger partial charge is 0.229 e. The topological polar surface area (TPSA) is 88.3 Å². The number of aromatic amines is 1. The number of nitrogens with one attached hydrogen (secondary N) is 2. The van der Waals surface area contributed by atoms with E-state index < -0.39 is 15.8 Å². The number of aryl methyl sites for hydroxylation is 1. The monoisotopic (exact) mass is 430 g/mol. The zero-order valence-corrected chi connectivity index (χ0v) is 17.9. The average molecular weight is 431 g/mol. The van der Waals surface area contributed by atoms with Crippen LogP contribution >= 0.6 is 0 Å². The van der Waals surface area contributed by atoms with Crippen molar-refractivity contribution in [1.82, 2.24) is 4.98 Å². The number of sulfonamides is 1. The number of carbonyl (C=O) groups excluding carboxylic acids is 1. The molecule has 0 aliphatic rings. The first-order valence-electron chi connectivity index (χ1n) is 9.24. The van der Waals surface area contributed by atoms with Crippen LogP contribution in [0.2, 0.25) is 0 Å². The predicted molar refractivity (Wildman–Crippen MR) is 114 cm³/mol. The number of ether oxygens (including phenoxy) is 1. The molecule has 1 heterocycles. The molecule has 0 radical (unpaired) electrons. The Kier molecular flexibility index (Phi) is 5.98. The number of anilines is 1. The van der Waals surface area contributed by atoms with Gasteiger partial charge in [0.15, 0.2) is 0 Å². The molecule has 8 heteroatoms. The summed E-state index contributed by atoms with van der Waals surface area (Å²) in [5.74, 6) is -0.392. The summed E-state index contributed by atoms with van der Waals surface area (Å²) >= 11 is 0. The Morgan fingerprint density at radius 3 is 2.47 bits per heavy atom. The van der Waals surface area contributed by atoms with Gasteiger partial charge in [-0.1, -0.05) is 13.0 Å². The van der Waals surface area contributed by atoms with E-state index in [9.17, 15) is 17.6 Å².